The molecule has 0 bridgehead atoms. The highest BCUT2D eigenvalue weighted by Gasteiger charge is 2.23. The molecule has 2 heterocycles. The average molecular weight is 231 g/mol. The van der Waals surface area contributed by atoms with E-state index in [4.69, 9.17) is 5.73 Å². The summed E-state index contributed by atoms with van der Waals surface area (Å²) < 4.78 is 2.96. The third-order valence-corrected chi connectivity index (χ3v) is 3.16. The predicted octanol–water partition coefficient (Wildman–Crippen LogP) is 0.873. The fraction of sp³-hybridized carbons (Fsp3) is 0.250. The van der Waals surface area contributed by atoms with E-state index < -0.39 is 0 Å². The van der Waals surface area contributed by atoms with Gasteiger partial charge in [0.05, 0.1) is 11.4 Å². The van der Waals surface area contributed by atoms with Crippen molar-refractivity contribution in [3.63, 3.8) is 0 Å². The Morgan fingerprint density at radius 3 is 2.59 bits per heavy atom. The molecule has 1 aromatic heterocycles. The van der Waals surface area contributed by atoms with Crippen molar-refractivity contribution in [2.45, 2.75) is 19.4 Å². The van der Waals surface area contributed by atoms with Crippen LogP contribution in [-0.4, -0.2) is 14.2 Å². The number of aromatic hydroxyl groups is 1. The maximum atomic E-state index is 12.1. The number of hydrogen-bond acceptors (Lipinski definition) is 3. The Labute approximate surface area is 97.7 Å². The van der Waals surface area contributed by atoms with Crippen molar-refractivity contribution in [3.05, 3.63) is 40.4 Å². The summed E-state index contributed by atoms with van der Waals surface area (Å²) in [5, 5.41) is 10.1. The van der Waals surface area contributed by atoms with Gasteiger partial charge in [0.1, 0.15) is 0 Å². The Bertz CT molecular complexity index is 622. The summed E-state index contributed by atoms with van der Waals surface area (Å²) in [6.45, 7) is 0.684. The van der Waals surface area contributed by atoms with Crippen molar-refractivity contribution in [1.29, 1.82) is 0 Å². The van der Waals surface area contributed by atoms with Crippen LogP contribution in [0.4, 0.5) is 5.69 Å². The second-order valence-corrected chi connectivity index (χ2v) is 4.24. The van der Waals surface area contributed by atoms with Crippen molar-refractivity contribution in [3.8, 4) is 11.6 Å². The first kappa shape index (κ1) is 10.0. The molecule has 1 aliphatic rings. The number of nitrogens with zero attached hydrogens (tertiary/aromatic N) is 2. The van der Waals surface area contributed by atoms with Gasteiger partial charge in [0.25, 0.3) is 0 Å². The highest BCUT2D eigenvalue weighted by molar-refractivity contribution is 5.47. The van der Waals surface area contributed by atoms with Crippen molar-refractivity contribution in [2.75, 3.05) is 5.73 Å². The molecule has 0 saturated carbocycles. The molecule has 0 radical (unpaired) electrons. The van der Waals surface area contributed by atoms with Gasteiger partial charge in [-0.1, -0.05) is 0 Å². The summed E-state index contributed by atoms with van der Waals surface area (Å²) in [4.78, 5) is 12.1. The summed E-state index contributed by atoms with van der Waals surface area (Å²) >= 11 is 0. The number of fused-ring (bicyclic) bond motifs is 1. The number of aromatic nitrogens is 2. The Balaban J connectivity index is 2.22. The van der Waals surface area contributed by atoms with Crippen molar-refractivity contribution in [1.82, 2.24) is 9.13 Å². The number of nitrogen functional groups attached to an aromatic ring is 1. The van der Waals surface area contributed by atoms with Gasteiger partial charge in [-0.15, -0.1) is 0 Å². The maximum absolute atomic E-state index is 12.1. The molecule has 0 saturated heterocycles. The molecule has 2 aromatic rings. The van der Waals surface area contributed by atoms with E-state index in [0.717, 1.165) is 18.5 Å². The van der Waals surface area contributed by atoms with Crippen LogP contribution in [0.2, 0.25) is 0 Å². The van der Waals surface area contributed by atoms with E-state index in [1.54, 1.807) is 28.8 Å². The number of imidazole rings is 1. The Morgan fingerprint density at radius 1 is 1.24 bits per heavy atom. The van der Waals surface area contributed by atoms with Crippen LogP contribution in [0.25, 0.3) is 5.69 Å². The molecule has 5 heteroatoms. The standard InChI is InChI=1S/C12H13N3O2/c13-8-3-5-9(6-4-8)15-11(16)10-2-1-7-14(10)12(15)17/h3-6,16H,1-2,7,13H2. The quantitative estimate of drug-likeness (QED) is 0.715. The SMILES string of the molecule is Nc1ccc(-n2c(O)c3n(c2=O)CCC3)cc1. The Hall–Kier alpha value is -2.17. The molecule has 0 unspecified atom stereocenters. The smallest absolute Gasteiger partial charge is 0.335 e. The molecule has 1 aliphatic heterocycles. The topological polar surface area (TPSA) is 73.2 Å². The lowest BCUT2D eigenvalue weighted by molar-refractivity contribution is 0.435. The zero-order valence-electron chi connectivity index (χ0n) is 9.26. The number of rotatable bonds is 1. The molecule has 17 heavy (non-hydrogen) atoms. The third-order valence-electron chi connectivity index (χ3n) is 3.16. The van der Waals surface area contributed by atoms with Gasteiger partial charge in [-0.25, -0.2) is 9.36 Å². The van der Waals surface area contributed by atoms with E-state index in [1.807, 2.05) is 0 Å². The van der Waals surface area contributed by atoms with Gasteiger partial charge in [0.2, 0.25) is 5.88 Å². The van der Waals surface area contributed by atoms with Gasteiger partial charge < -0.3 is 10.8 Å². The third kappa shape index (κ3) is 1.35. The zero-order valence-corrected chi connectivity index (χ0v) is 9.26. The van der Waals surface area contributed by atoms with Gasteiger partial charge in [-0.2, -0.15) is 0 Å². The van der Waals surface area contributed by atoms with Crippen LogP contribution in [0, 0.1) is 0 Å². The van der Waals surface area contributed by atoms with E-state index in [0.29, 0.717) is 17.9 Å². The van der Waals surface area contributed by atoms with Gasteiger partial charge in [-0.3, -0.25) is 4.57 Å². The van der Waals surface area contributed by atoms with E-state index in [9.17, 15) is 9.90 Å². The molecule has 3 rings (SSSR count). The first-order chi connectivity index (χ1) is 8.18. The van der Waals surface area contributed by atoms with Gasteiger partial charge in [-0.05, 0) is 37.1 Å². The van der Waals surface area contributed by atoms with Crippen LogP contribution < -0.4 is 11.4 Å². The second kappa shape index (κ2) is 3.41. The minimum absolute atomic E-state index is 0.0530. The first-order valence-corrected chi connectivity index (χ1v) is 5.58. The lowest BCUT2D eigenvalue weighted by Crippen LogP contribution is -2.22. The minimum atomic E-state index is -0.181. The van der Waals surface area contributed by atoms with Crippen LogP contribution in [0.15, 0.2) is 29.1 Å². The molecule has 88 valence electrons. The lowest BCUT2D eigenvalue weighted by Gasteiger charge is -2.04. The van der Waals surface area contributed by atoms with Crippen LogP contribution in [-0.2, 0) is 13.0 Å². The van der Waals surface area contributed by atoms with Crippen LogP contribution in [0.5, 0.6) is 5.88 Å². The van der Waals surface area contributed by atoms with Gasteiger partial charge >= 0.3 is 5.69 Å². The van der Waals surface area contributed by atoms with E-state index >= 15 is 0 Å². The molecule has 0 fully saturated rings. The number of hydrogen-bond donors (Lipinski definition) is 2. The van der Waals surface area contributed by atoms with Crippen molar-refractivity contribution in [2.24, 2.45) is 0 Å². The van der Waals surface area contributed by atoms with Crippen molar-refractivity contribution < 1.29 is 5.11 Å². The maximum Gasteiger partial charge on any atom is 0.335 e. The monoisotopic (exact) mass is 231 g/mol. The molecular weight excluding hydrogens is 218 g/mol. The van der Waals surface area contributed by atoms with Gasteiger partial charge in [0, 0.05) is 12.2 Å². The fourth-order valence-corrected chi connectivity index (χ4v) is 2.31. The molecule has 3 N–H and O–H groups in total. The first-order valence-electron chi connectivity index (χ1n) is 5.58. The van der Waals surface area contributed by atoms with Crippen LogP contribution >= 0.6 is 0 Å². The largest absolute Gasteiger partial charge is 0.493 e. The summed E-state index contributed by atoms with van der Waals surface area (Å²) in [6.07, 6.45) is 1.67. The molecule has 0 spiro atoms. The molecule has 5 nitrogen and oxygen atoms in total. The summed E-state index contributed by atoms with van der Waals surface area (Å²) in [5.74, 6) is 0.0530. The normalized spacial score (nSPS) is 13.9. The highest BCUT2D eigenvalue weighted by atomic mass is 16.3. The molecule has 0 amide bonds. The molecule has 0 aliphatic carbocycles. The second-order valence-electron chi connectivity index (χ2n) is 4.24. The summed E-state index contributed by atoms with van der Waals surface area (Å²) in [6, 6.07) is 6.88. The molecule has 0 atom stereocenters. The zero-order chi connectivity index (χ0) is 12.0. The highest BCUT2D eigenvalue weighted by Crippen LogP contribution is 2.25. The molecule has 1 aromatic carbocycles. The fourth-order valence-electron chi connectivity index (χ4n) is 2.31. The van der Waals surface area contributed by atoms with E-state index in [1.165, 1.54) is 4.57 Å². The van der Waals surface area contributed by atoms with Crippen LogP contribution in [0.3, 0.4) is 0 Å². The number of anilines is 1. The number of nitrogens with two attached hydrogens (primary N) is 1. The van der Waals surface area contributed by atoms with E-state index in [-0.39, 0.29) is 11.6 Å². The minimum Gasteiger partial charge on any atom is -0.493 e. The van der Waals surface area contributed by atoms with E-state index in [2.05, 4.69) is 0 Å². The van der Waals surface area contributed by atoms with Gasteiger partial charge in [0.15, 0.2) is 0 Å². The Kier molecular flexibility index (Phi) is 2.01. The Morgan fingerprint density at radius 2 is 1.94 bits per heavy atom. The average Bonchev–Trinajstić information content (AvgIpc) is 2.87. The lowest BCUT2D eigenvalue weighted by atomic mass is 10.2. The molecular formula is C12H13N3O2. The van der Waals surface area contributed by atoms with Crippen LogP contribution in [0.1, 0.15) is 12.1 Å². The summed E-state index contributed by atoms with van der Waals surface area (Å²) in [7, 11) is 0. The number of benzene rings is 1. The summed E-state index contributed by atoms with van der Waals surface area (Å²) in [5.41, 5.74) is 7.42. The predicted molar refractivity (Wildman–Crippen MR) is 64.4 cm³/mol. The van der Waals surface area contributed by atoms with Crippen molar-refractivity contribution >= 4 is 5.69 Å².